The van der Waals surface area contributed by atoms with Crippen molar-refractivity contribution in [2.75, 3.05) is 0 Å². The largest absolute Gasteiger partial charge is 0.345 e. The SMILES string of the molecule is Cc1cccc2c1C(=O)NC2C1CC1. The van der Waals surface area contributed by atoms with Crippen LogP contribution in [0.2, 0.25) is 0 Å². The van der Waals surface area contributed by atoms with Crippen molar-refractivity contribution >= 4 is 5.91 Å². The lowest BCUT2D eigenvalue weighted by Gasteiger charge is -2.09. The number of hydrogen-bond acceptors (Lipinski definition) is 1. The van der Waals surface area contributed by atoms with Gasteiger partial charge in [0.25, 0.3) is 5.91 Å². The minimum absolute atomic E-state index is 0.120. The normalized spacial score (nSPS) is 24.6. The highest BCUT2D eigenvalue weighted by molar-refractivity contribution is 6.00. The van der Waals surface area contributed by atoms with Crippen molar-refractivity contribution in [3.05, 3.63) is 34.9 Å². The van der Waals surface area contributed by atoms with Crippen molar-refractivity contribution in [2.45, 2.75) is 25.8 Å². The van der Waals surface area contributed by atoms with E-state index in [-0.39, 0.29) is 5.91 Å². The molecule has 1 unspecified atom stereocenters. The molecule has 1 atom stereocenters. The highest BCUT2D eigenvalue weighted by atomic mass is 16.2. The Morgan fingerprint density at radius 2 is 2.14 bits per heavy atom. The first-order chi connectivity index (χ1) is 6.77. The fraction of sp³-hybridized carbons (Fsp3) is 0.417. The molecule has 2 heteroatoms. The number of hydrogen-bond donors (Lipinski definition) is 1. The van der Waals surface area contributed by atoms with Crippen molar-refractivity contribution in [1.82, 2.24) is 5.32 Å². The summed E-state index contributed by atoms with van der Waals surface area (Å²) in [6.07, 6.45) is 2.52. The van der Waals surface area contributed by atoms with Gasteiger partial charge in [-0.1, -0.05) is 18.2 Å². The van der Waals surface area contributed by atoms with Gasteiger partial charge in [-0.3, -0.25) is 4.79 Å². The first-order valence-electron chi connectivity index (χ1n) is 5.18. The van der Waals surface area contributed by atoms with E-state index in [1.807, 2.05) is 19.1 Å². The van der Waals surface area contributed by atoms with E-state index < -0.39 is 0 Å². The second-order valence-corrected chi connectivity index (χ2v) is 4.33. The number of fused-ring (bicyclic) bond motifs is 1. The molecular formula is C12H13NO. The summed E-state index contributed by atoms with van der Waals surface area (Å²) in [5, 5.41) is 3.08. The van der Waals surface area contributed by atoms with Crippen LogP contribution in [0.25, 0.3) is 0 Å². The summed E-state index contributed by atoms with van der Waals surface area (Å²) < 4.78 is 0. The fourth-order valence-electron chi connectivity index (χ4n) is 2.35. The number of nitrogens with one attached hydrogen (secondary N) is 1. The lowest BCUT2D eigenvalue weighted by atomic mass is 9.98. The Morgan fingerprint density at radius 3 is 2.86 bits per heavy atom. The molecule has 1 heterocycles. The molecule has 1 aliphatic carbocycles. The predicted octanol–water partition coefficient (Wildman–Crippen LogP) is 2.19. The van der Waals surface area contributed by atoms with Crippen LogP contribution in [0.15, 0.2) is 18.2 Å². The minimum atomic E-state index is 0.120. The number of benzene rings is 1. The van der Waals surface area contributed by atoms with E-state index in [2.05, 4.69) is 11.4 Å². The number of carbonyl (C=O) groups excluding carboxylic acids is 1. The molecule has 2 nitrogen and oxygen atoms in total. The molecule has 0 bridgehead atoms. The third-order valence-electron chi connectivity index (χ3n) is 3.25. The van der Waals surface area contributed by atoms with Gasteiger partial charge < -0.3 is 5.32 Å². The number of aryl methyl sites for hydroxylation is 1. The summed E-state index contributed by atoms with van der Waals surface area (Å²) in [5.41, 5.74) is 3.24. The monoisotopic (exact) mass is 187 g/mol. The van der Waals surface area contributed by atoms with Gasteiger partial charge in [0.05, 0.1) is 6.04 Å². The number of carbonyl (C=O) groups is 1. The topological polar surface area (TPSA) is 29.1 Å². The maximum Gasteiger partial charge on any atom is 0.252 e. The van der Waals surface area contributed by atoms with Crippen LogP contribution in [0.1, 0.15) is 40.4 Å². The zero-order valence-electron chi connectivity index (χ0n) is 8.21. The Morgan fingerprint density at radius 1 is 1.36 bits per heavy atom. The molecule has 14 heavy (non-hydrogen) atoms. The third kappa shape index (κ3) is 0.999. The summed E-state index contributed by atoms with van der Waals surface area (Å²) in [4.78, 5) is 11.7. The molecule has 0 spiro atoms. The molecule has 72 valence electrons. The Kier molecular flexibility index (Phi) is 1.49. The van der Waals surface area contributed by atoms with Gasteiger partial charge in [0.15, 0.2) is 0 Å². The lowest BCUT2D eigenvalue weighted by molar-refractivity contribution is 0.0952. The predicted molar refractivity (Wildman–Crippen MR) is 54.1 cm³/mol. The average Bonchev–Trinajstić information content (AvgIpc) is 2.93. The smallest absolute Gasteiger partial charge is 0.252 e. The van der Waals surface area contributed by atoms with Crippen molar-refractivity contribution in [3.8, 4) is 0 Å². The van der Waals surface area contributed by atoms with Gasteiger partial charge in [0.1, 0.15) is 0 Å². The van der Waals surface area contributed by atoms with Gasteiger partial charge in [-0.05, 0) is 36.8 Å². The zero-order valence-corrected chi connectivity index (χ0v) is 8.21. The molecule has 1 aromatic rings. The maximum absolute atomic E-state index is 11.7. The van der Waals surface area contributed by atoms with Crippen molar-refractivity contribution in [3.63, 3.8) is 0 Å². The average molecular weight is 187 g/mol. The summed E-state index contributed by atoms with van der Waals surface area (Å²) >= 11 is 0. The van der Waals surface area contributed by atoms with Crippen LogP contribution < -0.4 is 5.32 Å². The van der Waals surface area contributed by atoms with Gasteiger partial charge in [0, 0.05) is 5.56 Å². The van der Waals surface area contributed by atoms with Crippen LogP contribution in [0.5, 0.6) is 0 Å². The van der Waals surface area contributed by atoms with E-state index in [1.54, 1.807) is 0 Å². The van der Waals surface area contributed by atoms with Crippen LogP contribution in [0, 0.1) is 12.8 Å². The lowest BCUT2D eigenvalue weighted by Crippen LogP contribution is -2.20. The van der Waals surface area contributed by atoms with E-state index >= 15 is 0 Å². The molecule has 0 saturated heterocycles. The second-order valence-electron chi connectivity index (χ2n) is 4.33. The number of rotatable bonds is 1. The first kappa shape index (κ1) is 8.04. The van der Waals surface area contributed by atoms with Crippen molar-refractivity contribution < 1.29 is 4.79 Å². The van der Waals surface area contributed by atoms with Crippen LogP contribution >= 0.6 is 0 Å². The molecule has 0 radical (unpaired) electrons. The third-order valence-corrected chi connectivity index (χ3v) is 3.25. The standard InChI is InChI=1S/C12H13NO/c1-7-3-2-4-9-10(7)12(14)13-11(9)8-5-6-8/h2-4,8,11H,5-6H2,1H3,(H,13,14). The first-order valence-corrected chi connectivity index (χ1v) is 5.18. The molecule has 1 aromatic carbocycles. The van der Waals surface area contributed by atoms with Crippen molar-refractivity contribution in [1.29, 1.82) is 0 Å². The molecule has 0 aromatic heterocycles. The molecule has 1 N–H and O–H groups in total. The van der Waals surface area contributed by atoms with Gasteiger partial charge in [-0.15, -0.1) is 0 Å². The van der Waals surface area contributed by atoms with Gasteiger partial charge in [0.2, 0.25) is 0 Å². The van der Waals surface area contributed by atoms with Crippen LogP contribution in [0.4, 0.5) is 0 Å². The van der Waals surface area contributed by atoms with E-state index in [0.717, 1.165) is 11.1 Å². The van der Waals surface area contributed by atoms with Gasteiger partial charge in [-0.2, -0.15) is 0 Å². The van der Waals surface area contributed by atoms with Crippen molar-refractivity contribution in [2.24, 2.45) is 5.92 Å². The molecular weight excluding hydrogens is 174 g/mol. The van der Waals surface area contributed by atoms with E-state index in [0.29, 0.717) is 12.0 Å². The molecule has 1 amide bonds. The zero-order chi connectivity index (χ0) is 9.71. The molecule has 2 aliphatic rings. The highest BCUT2D eigenvalue weighted by Gasteiger charge is 2.39. The Bertz CT molecular complexity index is 407. The van der Waals surface area contributed by atoms with Gasteiger partial charge >= 0.3 is 0 Å². The quantitative estimate of drug-likeness (QED) is 0.717. The van der Waals surface area contributed by atoms with E-state index in [9.17, 15) is 4.79 Å². The Balaban J connectivity index is 2.13. The van der Waals surface area contributed by atoms with Crippen LogP contribution in [-0.4, -0.2) is 5.91 Å². The summed E-state index contributed by atoms with van der Waals surface area (Å²) in [7, 11) is 0. The Labute approximate surface area is 83.3 Å². The minimum Gasteiger partial charge on any atom is -0.345 e. The maximum atomic E-state index is 11.7. The van der Waals surface area contributed by atoms with Crippen LogP contribution in [0.3, 0.4) is 0 Å². The summed E-state index contributed by atoms with van der Waals surface area (Å²) in [6, 6.07) is 6.44. The van der Waals surface area contributed by atoms with E-state index in [4.69, 9.17) is 0 Å². The fourth-order valence-corrected chi connectivity index (χ4v) is 2.35. The Hall–Kier alpha value is -1.31. The van der Waals surface area contributed by atoms with Crippen LogP contribution in [-0.2, 0) is 0 Å². The molecule has 3 rings (SSSR count). The summed E-state index contributed by atoms with van der Waals surface area (Å²) in [6.45, 7) is 2.01. The second kappa shape index (κ2) is 2.59. The highest BCUT2D eigenvalue weighted by Crippen LogP contribution is 2.44. The molecule has 1 fully saturated rings. The van der Waals surface area contributed by atoms with Gasteiger partial charge in [-0.25, -0.2) is 0 Å². The molecule has 1 aliphatic heterocycles. The summed E-state index contributed by atoms with van der Waals surface area (Å²) in [5.74, 6) is 0.817. The molecule has 1 saturated carbocycles. The van der Waals surface area contributed by atoms with E-state index in [1.165, 1.54) is 18.4 Å². The number of amides is 1.